The van der Waals surface area contributed by atoms with Gasteiger partial charge in [-0.05, 0) is 102 Å². The molecule has 4 aliphatic carbocycles. The van der Waals surface area contributed by atoms with Gasteiger partial charge in [0.25, 0.3) is 0 Å². The minimum atomic E-state index is -0.904. The van der Waals surface area contributed by atoms with Gasteiger partial charge in [-0.1, -0.05) is 6.42 Å². The van der Waals surface area contributed by atoms with Gasteiger partial charge in [-0.3, -0.25) is 0 Å². The van der Waals surface area contributed by atoms with Crippen molar-refractivity contribution in [2.75, 3.05) is 6.54 Å². The Kier molecular flexibility index (Phi) is 6.59. The molecule has 0 spiro atoms. The average Bonchev–Trinajstić information content (AvgIpc) is 2.57. The number of amides is 2. The molecule has 0 aromatic rings. The topological polar surface area (TPSA) is 72.6 Å². The summed E-state index contributed by atoms with van der Waals surface area (Å²) in [5.41, 5.74) is 5.09. The minimum absolute atomic E-state index is 0.0106. The van der Waals surface area contributed by atoms with Gasteiger partial charge in [0.15, 0.2) is 0 Å². The molecule has 29 heavy (non-hydrogen) atoms. The van der Waals surface area contributed by atoms with E-state index < -0.39 is 17.4 Å². The molecule has 0 radical (unpaired) electrons. The largest absolute Gasteiger partial charge is 0.455 e. The van der Waals surface area contributed by atoms with E-state index in [1.165, 1.54) is 25.3 Å². The maximum absolute atomic E-state index is 13.8. The predicted octanol–water partition coefficient (Wildman–Crippen LogP) is 5.09. The molecule has 0 aliphatic heterocycles. The zero-order valence-electron chi connectivity index (χ0n) is 18.2. The molecule has 0 unspecified atom stereocenters. The molecule has 0 aromatic heterocycles. The first-order valence-electron chi connectivity index (χ1n) is 11.2. The molecular formula is C23H37FN2O3. The Morgan fingerprint density at radius 3 is 2.10 bits per heavy atom. The molecular weight excluding hydrogens is 371 g/mol. The fraction of sp³-hybridized carbons (Fsp3) is 0.826. The third-order valence-corrected chi connectivity index (χ3v) is 6.85. The third-order valence-electron chi connectivity index (χ3n) is 6.85. The third kappa shape index (κ3) is 5.52. The summed E-state index contributed by atoms with van der Waals surface area (Å²) < 4.78 is 18.8. The summed E-state index contributed by atoms with van der Waals surface area (Å²) in [5, 5.41) is 0. The van der Waals surface area contributed by atoms with Crippen molar-refractivity contribution in [3.8, 4) is 0 Å². The molecule has 6 heteroatoms. The minimum Gasteiger partial charge on any atom is -0.455 e. The second-order valence-electron chi connectivity index (χ2n) is 10.5. The van der Waals surface area contributed by atoms with Gasteiger partial charge in [0.1, 0.15) is 5.60 Å². The van der Waals surface area contributed by atoms with Crippen LogP contribution in [0.2, 0.25) is 0 Å². The molecule has 0 saturated heterocycles. The Morgan fingerprint density at radius 1 is 1.07 bits per heavy atom. The van der Waals surface area contributed by atoms with Crippen LogP contribution >= 0.6 is 0 Å². The van der Waals surface area contributed by atoms with Gasteiger partial charge in [-0.2, -0.15) is 4.39 Å². The summed E-state index contributed by atoms with van der Waals surface area (Å²) in [6, 6.07) is -0.289. The van der Waals surface area contributed by atoms with Crippen LogP contribution in [-0.4, -0.2) is 34.6 Å². The van der Waals surface area contributed by atoms with Crippen LogP contribution in [0.15, 0.2) is 11.9 Å². The highest BCUT2D eigenvalue weighted by Gasteiger charge is 2.54. The van der Waals surface area contributed by atoms with Crippen LogP contribution < -0.4 is 5.73 Å². The number of carbonyl (C=O) groups is 2. The summed E-state index contributed by atoms with van der Waals surface area (Å²) in [6.07, 6.45) is 11.6. The van der Waals surface area contributed by atoms with Gasteiger partial charge in [0.05, 0.1) is 0 Å². The van der Waals surface area contributed by atoms with Crippen molar-refractivity contribution in [1.82, 2.24) is 4.90 Å². The van der Waals surface area contributed by atoms with Crippen LogP contribution in [0.5, 0.6) is 0 Å². The molecule has 4 rings (SSSR count). The van der Waals surface area contributed by atoms with E-state index in [4.69, 9.17) is 10.5 Å². The number of unbranched alkanes of at least 4 members (excludes halogenated alkanes) is 3. The molecule has 2 N–H and O–H groups in total. The number of urea groups is 1. The van der Waals surface area contributed by atoms with Gasteiger partial charge in [-0.15, -0.1) is 0 Å². The van der Waals surface area contributed by atoms with E-state index in [1.54, 1.807) is 20.8 Å². The molecule has 5 nitrogen and oxygen atoms in total. The number of carbonyl (C=O) groups excluding carboxylic acids is 2. The number of nitrogens with two attached hydrogens (primary N) is 1. The zero-order chi connectivity index (χ0) is 21.2. The highest BCUT2D eigenvalue weighted by Crippen LogP contribution is 2.57. The van der Waals surface area contributed by atoms with E-state index in [-0.39, 0.29) is 11.6 Å². The van der Waals surface area contributed by atoms with E-state index in [9.17, 15) is 14.0 Å². The number of nitrogens with zero attached hydrogens (tertiary/aromatic N) is 1. The lowest BCUT2D eigenvalue weighted by Gasteiger charge is -2.60. The Bertz CT molecular complexity index is 618. The molecule has 0 atom stereocenters. The van der Waals surface area contributed by atoms with Crippen molar-refractivity contribution in [1.29, 1.82) is 0 Å². The lowest BCUT2D eigenvalue weighted by atomic mass is 9.52. The molecule has 2 amide bonds. The molecule has 0 aromatic carbocycles. The van der Waals surface area contributed by atoms with Crippen LogP contribution in [0.25, 0.3) is 0 Å². The molecule has 4 saturated carbocycles. The second kappa shape index (κ2) is 8.65. The van der Waals surface area contributed by atoms with Crippen molar-refractivity contribution in [3.63, 3.8) is 0 Å². The molecule has 4 aliphatic rings. The van der Waals surface area contributed by atoms with Crippen molar-refractivity contribution in [2.45, 2.75) is 96.1 Å². The first kappa shape index (κ1) is 22.1. The smallest absolute Gasteiger partial charge is 0.367 e. The van der Waals surface area contributed by atoms with Crippen molar-refractivity contribution in [2.24, 2.45) is 23.5 Å². The number of halogens is 1. The van der Waals surface area contributed by atoms with Crippen LogP contribution in [0, 0.1) is 17.8 Å². The zero-order valence-corrected chi connectivity index (χ0v) is 18.2. The number of primary amides is 1. The van der Waals surface area contributed by atoms with Crippen molar-refractivity contribution >= 4 is 12.0 Å². The number of ether oxygens (including phenoxy) is 1. The maximum atomic E-state index is 13.8. The average molecular weight is 409 g/mol. The normalized spacial score (nSPS) is 31.0. The Labute approximate surface area is 174 Å². The van der Waals surface area contributed by atoms with Gasteiger partial charge < -0.3 is 15.4 Å². The lowest BCUT2D eigenvalue weighted by Crippen LogP contribution is -2.62. The van der Waals surface area contributed by atoms with E-state index in [0.717, 1.165) is 56.3 Å². The summed E-state index contributed by atoms with van der Waals surface area (Å²) in [7, 11) is 0. The summed E-state index contributed by atoms with van der Waals surface area (Å²) in [4.78, 5) is 25.8. The summed E-state index contributed by atoms with van der Waals surface area (Å²) in [6.45, 7) is 5.82. The Hall–Kier alpha value is -1.59. The maximum Gasteiger partial charge on any atom is 0.367 e. The Balaban J connectivity index is 1.44. The number of rotatable bonds is 8. The van der Waals surface area contributed by atoms with Gasteiger partial charge in [-0.25, -0.2) is 9.59 Å². The monoisotopic (exact) mass is 408 g/mol. The fourth-order valence-corrected chi connectivity index (χ4v) is 6.21. The van der Waals surface area contributed by atoms with E-state index in [0.29, 0.717) is 13.0 Å². The molecule has 4 bridgehead atoms. The van der Waals surface area contributed by atoms with E-state index in [2.05, 4.69) is 0 Å². The van der Waals surface area contributed by atoms with Crippen LogP contribution in [0.4, 0.5) is 9.18 Å². The summed E-state index contributed by atoms with van der Waals surface area (Å²) >= 11 is 0. The predicted molar refractivity (Wildman–Crippen MR) is 111 cm³/mol. The van der Waals surface area contributed by atoms with Crippen molar-refractivity contribution < 1.29 is 18.7 Å². The van der Waals surface area contributed by atoms with Gasteiger partial charge in [0, 0.05) is 12.1 Å². The molecule has 0 heterocycles. The van der Waals surface area contributed by atoms with Gasteiger partial charge in [0.2, 0.25) is 5.83 Å². The SMILES string of the molecule is CC(C)(C)OC(=O)/C(F)=C/CCCCCN(C(N)=O)C12CC3CC(CC(C3)C1)C2. The standard InChI is InChI=1S/C23H37FN2O3/c1-22(2,3)29-20(27)19(24)8-6-4-5-7-9-26(21(25)28)23-13-16-10-17(14-23)12-18(11-16)15-23/h8,16-18H,4-7,9-15H2,1-3H3,(H2,25,28)/b19-8-. The Morgan fingerprint density at radius 2 is 1.62 bits per heavy atom. The lowest BCUT2D eigenvalue weighted by molar-refractivity contribution is -0.151. The van der Waals surface area contributed by atoms with E-state index in [1.807, 2.05) is 4.90 Å². The number of allylic oxidation sites excluding steroid dienone is 1. The summed E-state index contributed by atoms with van der Waals surface area (Å²) in [5.74, 6) is 0.573. The highest BCUT2D eigenvalue weighted by molar-refractivity contribution is 5.86. The first-order valence-corrected chi connectivity index (χ1v) is 11.2. The fourth-order valence-electron chi connectivity index (χ4n) is 6.21. The first-order chi connectivity index (χ1) is 13.6. The number of hydrogen-bond donors (Lipinski definition) is 1. The highest BCUT2D eigenvalue weighted by atomic mass is 19.1. The quantitative estimate of drug-likeness (QED) is 0.345. The van der Waals surface area contributed by atoms with Gasteiger partial charge >= 0.3 is 12.0 Å². The van der Waals surface area contributed by atoms with Crippen LogP contribution in [0.3, 0.4) is 0 Å². The number of esters is 1. The second-order valence-corrected chi connectivity index (χ2v) is 10.5. The van der Waals surface area contributed by atoms with Crippen LogP contribution in [-0.2, 0) is 9.53 Å². The molecule has 4 fully saturated rings. The number of hydrogen-bond acceptors (Lipinski definition) is 3. The van der Waals surface area contributed by atoms with Crippen molar-refractivity contribution in [3.05, 3.63) is 11.9 Å². The molecule has 164 valence electrons. The van der Waals surface area contributed by atoms with E-state index >= 15 is 0 Å². The van der Waals surface area contributed by atoms with Crippen LogP contribution in [0.1, 0.15) is 85.0 Å².